The van der Waals surface area contributed by atoms with Crippen LogP contribution in [0.15, 0.2) is 60.7 Å². The first-order valence-corrected chi connectivity index (χ1v) is 9.41. The lowest BCUT2D eigenvalue weighted by Crippen LogP contribution is -2.50. The molecule has 2 atom stereocenters. The highest BCUT2D eigenvalue weighted by Crippen LogP contribution is 2.34. The van der Waals surface area contributed by atoms with Gasteiger partial charge >= 0.3 is 0 Å². The van der Waals surface area contributed by atoms with Gasteiger partial charge < -0.3 is 0 Å². The van der Waals surface area contributed by atoms with Gasteiger partial charge in [-0.2, -0.15) is 0 Å². The second-order valence-electron chi connectivity index (χ2n) is 6.84. The van der Waals surface area contributed by atoms with Gasteiger partial charge in [0.25, 0.3) is 0 Å². The van der Waals surface area contributed by atoms with Crippen LogP contribution in [0.3, 0.4) is 0 Å². The highest BCUT2D eigenvalue weighted by Gasteiger charge is 2.34. The van der Waals surface area contributed by atoms with Crippen molar-refractivity contribution in [3.05, 3.63) is 71.8 Å². The molecule has 1 aliphatic rings. The van der Waals surface area contributed by atoms with Crippen LogP contribution in [0.25, 0.3) is 0 Å². The Bertz CT molecular complexity index is 540. The summed E-state index contributed by atoms with van der Waals surface area (Å²) in [6.45, 7) is 9.16. The van der Waals surface area contributed by atoms with Crippen molar-refractivity contribution in [2.75, 3.05) is 26.2 Å². The Morgan fingerprint density at radius 1 is 0.667 bits per heavy atom. The van der Waals surface area contributed by atoms with Gasteiger partial charge in [0.2, 0.25) is 0 Å². The Morgan fingerprint density at radius 2 is 1.04 bits per heavy atom. The zero-order valence-corrected chi connectivity index (χ0v) is 15.1. The van der Waals surface area contributed by atoms with Crippen LogP contribution in [0.2, 0.25) is 0 Å². The zero-order chi connectivity index (χ0) is 16.8. The van der Waals surface area contributed by atoms with Crippen molar-refractivity contribution in [2.45, 2.75) is 38.8 Å². The molecule has 1 heterocycles. The van der Waals surface area contributed by atoms with Crippen molar-refractivity contribution in [3.8, 4) is 0 Å². The molecule has 24 heavy (non-hydrogen) atoms. The van der Waals surface area contributed by atoms with Gasteiger partial charge in [0.15, 0.2) is 0 Å². The molecule has 1 saturated heterocycles. The van der Waals surface area contributed by atoms with Crippen LogP contribution in [-0.2, 0) is 0 Å². The molecule has 3 rings (SSSR count). The van der Waals surface area contributed by atoms with Crippen molar-refractivity contribution in [1.29, 1.82) is 0 Å². The molecule has 1 aliphatic heterocycles. The highest BCUT2D eigenvalue weighted by atomic mass is 15.3. The van der Waals surface area contributed by atoms with Gasteiger partial charge in [-0.05, 0) is 37.1 Å². The van der Waals surface area contributed by atoms with Crippen molar-refractivity contribution in [2.24, 2.45) is 0 Å². The average Bonchev–Trinajstić information content (AvgIpc) is 2.64. The number of nitrogens with zero attached hydrogens (tertiary/aromatic N) is 2. The van der Waals surface area contributed by atoms with Crippen molar-refractivity contribution in [1.82, 2.24) is 9.80 Å². The first-order valence-electron chi connectivity index (χ1n) is 9.41. The molecule has 2 nitrogen and oxygen atoms in total. The topological polar surface area (TPSA) is 6.48 Å². The fourth-order valence-corrected chi connectivity index (χ4v) is 3.98. The summed E-state index contributed by atoms with van der Waals surface area (Å²) in [5.41, 5.74) is 2.91. The summed E-state index contributed by atoms with van der Waals surface area (Å²) >= 11 is 0. The monoisotopic (exact) mass is 322 g/mol. The summed E-state index contributed by atoms with van der Waals surface area (Å²) in [4.78, 5) is 5.39. The Labute approximate surface area is 147 Å². The van der Waals surface area contributed by atoms with Crippen LogP contribution in [0.4, 0.5) is 0 Å². The average molecular weight is 322 g/mol. The SMILES string of the molecule is CCCN1C[C@@H](c2ccccc2)N(CCC)C[C@H]1c1ccccc1. The fraction of sp³-hybridized carbons (Fsp3) is 0.455. The van der Waals surface area contributed by atoms with Crippen molar-refractivity contribution in [3.63, 3.8) is 0 Å². The summed E-state index contributed by atoms with van der Waals surface area (Å²) in [5, 5.41) is 0. The normalized spacial score (nSPS) is 22.6. The third kappa shape index (κ3) is 3.88. The molecule has 0 amide bonds. The molecule has 2 aromatic carbocycles. The third-order valence-corrected chi connectivity index (χ3v) is 5.09. The predicted octanol–water partition coefficient (Wildman–Crippen LogP) is 4.91. The molecular formula is C22H30N2. The molecule has 0 aromatic heterocycles. The number of hydrogen-bond donors (Lipinski definition) is 0. The van der Waals surface area contributed by atoms with E-state index in [1.807, 2.05) is 0 Å². The largest absolute Gasteiger partial charge is 0.293 e. The highest BCUT2D eigenvalue weighted by molar-refractivity contribution is 5.24. The summed E-state index contributed by atoms with van der Waals surface area (Å²) in [5.74, 6) is 0. The number of hydrogen-bond acceptors (Lipinski definition) is 2. The summed E-state index contributed by atoms with van der Waals surface area (Å²) in [6, 6.07) is 23.1. The lowest BCUT2D eigenvalue weighted by atomic mass is 9.95. The molecule has 128 valence electrons. The molecule has 1 fully saturated rings. The molecule has 2 heteroatoms. The minimum atomic E-state index is 0.512. The van der Waals surface area contributed by atoms with Crippen LogP contribution < -0.4 is 0 Å². The first kappa shape index (κ1) is 17.2. The molecule has 0 unspecified atom stereocenters. The van der Waals surface area contributed by atoms with E-state index in [0.717, 1.165) is 13.1 Å². The van der Waals surface area contributed by atoms with E-state index in [2.05, 4.69) is 84.3 Å². The van der Waals surface area contributed by atoms with E-state index in [1.165, 1.54) is 37.1 Å². The van der Waals surface area contributed by atoms with Gasteiger partial charge in [-0.3, -0.25) is 9.80 Å². The second-order valence-corrected chi connectivity index (χ2v) is 6.84. The van der Waals surface area contributed by atoms with Gasteiger partial charge in [0, 0.05) is 25.2 Å². The number of rotatable bonds is 6. The zero-order valence-electron chi connectivity index (χ0n) is 15.1. The quantitative estimate of drug-likeness (QED) is 0.746. The fourth-order valence-electron chi connectivity index (χ4n) is 3.98. The van der Waals surface area contributed by atoms with Crippen molar-refractivity contribution < 1.29 is 0 Å². The van der Waals surface area contributed by atoms with E-state index in [0.29, 0.717) is 12.1 Å². The van der Waals surface area contributed by atoms with E-state index in [9.17, 15) is 0 Å². The standard InChI is InChI=1S/C22H30N2/c1-3-15-23-17-22(20-13-9-6-10-14-20)24(16-4-2)18-21(23)19-11-7-5-8-12-19/h5-14,21-22H,3-4,15-18H2,1-2H3/t21-,22-/m0/s1. The van der Waals surface area contributed by atoms with Crippen LogP contribution in [0.5, 0.6) is 0 Å². The summed E-state index contributed by atoms with van der Waals surface area (Å²) < 4.78 is 0. The first-order chi connectivity index (χ1) is 11.8. The van der Waals surface area contributed by atoms with Crippen molar-refractivity contribution >= 4 is 0 Å². The van der Waals surface area contributed by atoms with Gasteiger partial charge in [0.1, 0.15) is 0 Å². The molecule has 0 saturated carbocycles. The van der Waals surface area contributed by atoms with Gasteiger partial charge in [-0.25, -0.2) is 0 Å². The molecular weight excluding hydrogens is 292 g/mol. The minimum absolute atomic E-state index is 0.512. The van der Waals surface area contributed by atoms with Crippen LogP contribution >= 0.6 is 0 Å². The maximum atomic E-state index is 2.69. The van der Waals surface area contributed by atoms with E-state index >= 15 is 0 Å². The van der Waals surface area contributed by atoms with E-state index < -0.39 is 0 Å². The summed E-state index contributed by atoms with van der Waals surface area (Å²) in [7, 11) is 0. The Hall–Kier alpha value is -1.64. The van der Waals surface area contributed by atoms with Crippen LogP contribution in [0, 0.1) is 0 Å². The second kappa shape index (κ2) is 8.46. The predicted molar refractivity (Wildman–Crippen MR) is 102 cm³/mol. The Morgan fingerprint density at radius 3 is 1.38 bits per heavy atom. The summed E-state index contributed by atoms with van der Waals surface area (Å²) in [6.07, 6.45) is 2.41. The lowest BCUT2D eigenvalue weighted by Gasteiger charge is -2.47. The molecule has 0 N–H and O–H groups in total. The molecule has 0 aliphatic carbocycles. The van der Waals surface area contributed by atoms with Gasteiger partial charge in [0.05, 0.1) is 0 Å². The smallest absolute Gasteiger partial charge is 0.0476 e. The van der Waals surface area contributed by atoms with Crippen LogP contribution in [-0.4, -0.2) is 36.0 Å². The minimum Gasteiger partial charge on any atom is -0.293 e. The van der Waals surface area contributed by atoms with Gasteiger partial charge in [-0.15, -0.1) is 0 Å². The van der Waals surface area contributed by atoms with Gasteiger partial charge in [-0.1, -0.05) is 74.5 Å². The maximum absolute atomic E-state index is 2.69. The van der Waals surface area contributed by atoms with E-state index in [1.54, 1.807) is 0 Å². The molecule has 0 radical (unpaired) electrons. The lowest BCUT2D eigenvalue weighted by molar-refractivity contribution is 0.0262. The van der Waals surface area contributed by atoms with E-state index in [-0.39, 0.29) is 0 Å². The maximum Gasteiger partial charge on any atom is 0.0476 e. The molecule has 2 aromatic rings. The third-order valence-electron chi connectivity index (χ3n) is 5.09. The Balaban J connectivity index is 1.88. The number of piperazine rings is 1. The Kier molecular flexibility index (Phi) is 6.06. The molecule has 0 spiro atoms. The van der Waals surface area contributed by atoms with E-state index in [4.69, 9.17) is 0 Å². The number of benzene rings is 2. The van der Waals surface area contributed by atoms with Crippen LogP contribution in [0.1, 0.15) is 49.9 Å². The molecule has 0 bridgehead atoms.